The van der Waals surface area contributed by atoms with Crippen molar-refractivity contribution in [3.63, 3.8) is 0 Å². The number of amides is 1. The molecular formula is C22H26N2O7S. The van der Waals surface area contributed by atoms with Gasteiger partial charge in [0.2, 0.25) is 15.9 Å². The first-order chi connectivity index (χ1) is 14.9. The molecule has 1 atom stereocenters. The fraction of sp³-hybridized carbons (Fsp3) is 0.318. The van der Waals surface area contributed by atoms with Gasteiger partial charge in [-0.05, 0) is 56.2 Å². The van der Waals surface area contributed by atoms with Crippen LogP contribution in [0.3, 0.4) is 0 Å². The Bertz CT molecular complexity index is 1160. The van der Waals surface area contributed by atoms with Gasteiger partial charge in [-0.15, -0.1) is 0 Å². The van der Waals surface area contributed by atoms with Crippen LogP contribution >= 0.6 is 0 Å². The molecule has 0 fully saturated rings. The molecule has 1 amide bonds. The number of benzene rings is 2. The van der Waals surface area contributed by atoms with E-state index in [1.807, 2.05) is 13.0 Å². The van der Waals surface area contributed by atoms with Gasteiger partial charge in [0.05, 0.1) is 43.0 Å². The second kappa shape index (κ2) is 9.82. The number of methoxy groups -OCH3 is 2. The normalized spacial score (nSPS) is 11.9. The van der Waals surface area contributed by atoms with Gasteiger partial charge in [-0.2, -0.15) is 0 Å². The average Bonchev–Trinajstić information content (AvgIpc) is 2.74. The Morgan fingerprint density at radius 1 is 0.969 bits per heavy atom. The molecule has 2 aromatic rings. The van der Waals surface area contributed by atoms with Gasteiger partial charge in [0.15, 0.2) is 0 Å². The average molecular weight is 463 g/mol. The van der Waals surface area contributed by atoms with Crippen molar-refractivity contribution in [1.82, 2.24) is 0 Å². The van der Waals surface area contributed by atoms with Crippen LogP contribution in [0, 0.1) is 13.8 Å². The molecule has 2 rings (SSSR count). The number of ether oxygens (including phenoxy) is 2. The van der Waals surface area contributed by atoms with Crippen molar-refractivity contribution in [2.24, 2.45) is 0 Å². The van der Waals surface area contributed by atoms with E-state index in [4.69, 9.17) is 4.74 Å². The number of rotatable bonds is 7. The van der Waals surface area contributed by atoms with E-state index in [-0.39, 0.29) is 16.8 Å². The molecule has 32 heavy (non-hydrogen) atoms. The first kappa shape index (κ1) is 24.9. The molecule has 2 aromatic carbocycles. The summed E-state index contributed by atoms with van der Waals surface area (Å²) in [4.78, 5) is 37.1. The topological polar surface area (TPSA) is 119 Å². The van der Waals surface area contributed by atoms with Crippen molar-refractivity contribution in [1.29, 1.82) is 0 Å². The van der Waals surface area contributed by atoms with Crippen LogP contribution in [0.25, 0.3) is 0 Å². The molecule has 0 bridgehead atoms. The summed E-state index contributed by atoms with van der Waals surface area (Å²) in [7, 11) is -1.47. The van der Waals surface area contributed by atoms with E-state index in [1.165, 1.54) is 39.3 Å². The zero-order valence-corrected chi connectivity index (χ0v) is 19.6. The van der Waals surface area contributed by atoms with Gasteiger partial charge >= 0.3 is 11.9 Å². The van der Waals surface area contributed by atoms with E-state index in [0.717, 1.165) is 16.1 Å². The third-order valence-corrected chi connectivity index (χ3v) is 6.02. The predicted octanol–water partition coefficient (Wildman–Crippen LogP) is 2.67. The molecule has 0 aliphatic carbocycles. The maximum Gasteiger partial charge on any atom is 0.339 e. The number of esters is 2. The number of aryl methyl sites for hydroxylation is 2. The Labute approximate surface area is 187 Å². The third-order valence-electron chi connectivity index (χ3n) is 4.79. The van der Waals surface area contributed by atoms with E-state index < -0.39 is 33.9 Å². The monoisotopic (exact) mass is 462 g/mol. The van der Waals surface area contributed by atoms with Crippen LogP contribution < -0.4 is 9.62 Å². The van der Waals surface area contributed by atoms with Crippen molar-refractivity contribution in [2.75, 3.05) is 30.1 Å². The van der Waals surface area contributed by atoms with Gasteiger partial charge < -0.3 is 14.8 Å². The summed E-state index contributed by atoms with van der Waals surface area (Å²) in [5, 5.41) is 2.55. The Kier molecular flexibility index (Phi) is 7.63. The second-order valence-electron chi connectivity index (χ2n) is 7.26. The summed E-state index contributed by atoms with van der Waals surface area (Å²) in [5.41, 5.74) is 1.95. The van der Waals surface area contributed by atoms with E-state index in [1.54, 1.807) is 19.1 Å². The molecule has 0 aromatic heterocycles. The van der Waals surface area contributed by atoms with Gasteiger partial charge in [-0.25, -0.2) is 18.0 Å². The SMILES string of the molecule is COC(=O)c1ccc(C(=O)OC)c(NC(=O)[C@@H](C)N(c2cc(C)ccc2C)S(C)(=O)=O)c1. The Hall–Kier alpha value is -3.40. The third kappa shape index (κ3) is 5.44. The molecule has 0 radical (unpaired) electrons. The minimum absolute atomic E-state index is 0.00153. The molecule has 10 heteroatoms. The first-order valence-electron chi connectivity index (χ1n) is 9.59. The molecule has 0 spiro atoms. The number of anilines is 2. The number of nitrogens with one attached hydrogen (secondary N) is 1. The van der Waals surface area contributed by atoms with Crippen LogP contribution in [0.2, 0.25) is 0 Å². The lowest BCUT2D eigenvalue weighted by atomic mass is 10.1. The first-order valence-corrected chi connectivity index (χ1v) is 11.4. The van der Waals surface area contributed by atoms with Crippen molar-refractivity contribution in [2.45, 2.75) is 26.8 Å². The predicted molar refractivity (Wildman–Crippen MR) is 120 cm³/mol. The smallest absolute Gasteiger partial charge is 0.339 e. The van der Waals surface area contributed by atoms with Crippen LogP contribution in [0.5, 0.6) is 0 Å². The number of hydrogen-bond acceptors (Lipinski definition) is 7. The van der Waals surface area contributed by atoms with E-state index >= 15 is 0 Å². The quantitative estimate of drug-likeness (QED) is 0.628. The zero-order valence-electron chi connectivity index (χ0n) is 18.8. The van der Waals surface area contributed by atoms with Crippen LogP contribution in [0.1, 0.15) is 38.8 Å². The number of carbonyl (C=O) groups is 3. The molecular weight excluding hydrogens is 436 g/mol. The summed E-state index contributed by atoms with van der Waals surface area (Å²) in [6, 6.07) is 8.06. The van der Waals surface area contributed by atoms with Gasteiger partial charge in [0, 0.05) is 0 Å². The van der Waals surface area contributed by atoms with Crippen molar-refractivity contribution in [3.8, 4) is 0 Å². The van der Waals surface area contributed by atoms with E-state index in [9.17, 15) is 22.8 Å². The van der Waals surface area contributed by atoms with Gasteiger partial charge in [0.1, 0.15) is 6.04 Å². The number of nitrogens with zero attached hydrogens (tertiary/aromatic N) is 1. The molecule has 0 saturated heterocycles. The van der Waals surface area contributed by atoms with Crippen molar-refractivity contribution in [3.05, 3.63) is 58.7 Å². The largest absolute Gasteiger partial charge is 0.465 e. The molecule has 0 heterocycles. The highest BCUT2D eigenvalue weighted by Crippen LogP contribution is 2.27. The lowest BCUT2D eigenvalue weighted by molar-refractivity contribution is -0.116. The molecule has 0 aliphatic rings. The number of sulfonamides is 1. The van der Waals surface area contributed by atoms with Crippen LogP contribution in [0.4, 0.5) is 11.4 Å². The lowest BCUT2D eigenvalue weighted by Crippen LogP contribution is -2.45. The maximum absolute atomic E-state index is 13.1. The van der Waals surface area contributed by atoms with Crippen LogP contribution in [-0.2, 0) is 24.3 Å². The lowest BCUT2D eigenvalue weighted by Gasteiger charge is -2.30. The summed E-state index contributed by atoms with van der Waals surface area (Å²) in [5.74, 6) is -2.11. The minimum Gasteiger partial charge on any atom is -0.465 e. The standard InChI is InChI=1S/C22H26N2O7S/c1-13-7-8-14(2)19(11-13)24(32(6,28)29)15(3)20(25)23-18-12-16(21(26)30-4)9-10-17(18)22(27)31-5/h7-12,15H,1-6H3,(H,23,25)/t15-/m1/s1. The Morgan fingerprint density at radius 3 is 2.16 bits per heavy atom. The molecule has 172 valence electrons. The fourth-order valence-electron chi connectivity index (χ4n) is 3.16. The zero-order chi connectivity index (χ0) is 24.2. The Balaban J connectivity index is 2.50. The fourth-order valence-corrected chi connectivity index (χ4v) is 4.38. The van der Waals surface area contributed by atoms with E-state index in [2.05, 4.69) is 10.1 Å². The minimum atomic E-state index is -3.84. The highest BCUT2D eigenvalue weighted by molar-refractivity contribution is 7.92. The molecule has 0 unspecified atom stereocenters. The maximum atomic E-state index is 13.1. The molecule has 1 N–H and O–H groups in total. The van der Waals surface area contributed by atoms with Crippen LogP contribution in [0.15, 0.2) is 36.4 Å². The molecule has 9 nitrogen and oxygen atoms in total. The van der Waals surface area contributed by atoms with Crippen molar-refractivity contribution < 1.29 is 32.3 Å². The number of hydrogen-bond donors (Lipinski definition) is 1. The van der Waals surface area contributed by atoms with Gasteiger partial charge in [-0.3, -0.25) is 9.10 Å². The molecule has 0 aliphatic heterocycles. The summed E-state index contributed by atoms with van der Waals surface area (Å²) in [6.45, 7) is 4.99. The number of carbonyl (C=O) groups excluding carboxylic acids is 3. The molecule has 0 saturated carbocycles. The van der Waals surface area contributed by atoms with Crippen LogP contribution in [-0.4, -0.2) is 52.8 Å². The summed E-state index contributed by atoms with van der Waals surface area (Å²) >= 11 is 0. The summed E-state index contributed by atoms with van der Waals surface area (Å²) < 4.78 is 35.6. The van der Waals surface area contributed by atoms with E-state index in [0.29, 0.717) is 11.3 Å². The van der Waals surface area contributed by atoms with Gasteiger partial charge in [0.25, 0.3) is 0 Å². The summed E-state index contributed by atoms with van der Waals surface area (Å²) in [6.07, 6.45) is 1.01. The van der Waals surface area contributed by atoms with Gasteiger partial charge in [-0.1, -0.05) is 12.1 Å². The second-order valence-corrected chi connectivity index (χ2v) is 9.12. The van der Waals surface area contributed by atoms with Crippen molar-refractivity contribution >= 4 is 39.2 Å². The highest BCUT2D eigenvalue weighted by Gasteiger charge is 2.31. The highest BCUT2D eigenvalue weighted by atomic mass is 32.2. The Morgan fingerprint density at radius 2 is 1.59 bits per heavy atom.